The highest BCUT2D eigenvalue weighted by Crippen LogP contribution is 2.27. The molecule has 0 fully saturated rings. The largest absolute Gasteiger partial charge is 0.473 e. The van der Waals surface area contributed by atoms with E-state index < -0.39 is 29.5 Å². The first-order valence-corrected chi connectivity index (χ1v) is 9.61. The van der Waals surface area contributed by atoms with Crippen LogP contribution in [0.3, 0.4) is 0 Å². The highest BCUT2D eigenvalue weighted by Gasteiger charge is 2.30. The normalized spacial score (nSPS) is 13.9. The first-order valence-electron chi connectivity index (χ1n) is 9.61. The Morgan fingerprint density at radius 1 is 1.31 bits per heavy atom. The summed E-state index contributed by atoms with van der Waals surface area (Å²) in [5.41, 5.74) is -0.340. The minimum absolute atomic E-state index is 0.220. The number of nitrogens with zero attached hydrogens (tertiary/aromatic N) is 5. The summed E-state index contributed by atoms with van der Waals surface area (Å²) in [6.45, 7) is 7.35. The third-order valence-electron chi connectivity index (χ3n) is 4.50. The number of aromatic nitrogens is 3. The van der Waals surface area contributed by atoms with E-state index in [1.54, 1.807) is 38.1 Å². The van der Waals surface area contributed by atoms with Gasteiger partial charge >= 0.3 is 6.18 Å². The van der Waals surface area contributed by atoms with Crippen molar-refractivity contribution in [2.45, 2.75) is 33.0 Å². The Kier molecular flexibility index (Phi) is 8.27. The van der Waals surface area contributed by atoms with E-state index in [1.807, 2.05) is 0 Å². The van der Waals surface area contributed by atoms with Crippen LogP contribution in [0.25, 0.3) is 5.69 Å². The molecule has 7 nitrogen and oxygen atoms in total. The lowest BCUT2D eigenvalue weighted by Crippen LogP contribution is -2.41. The van der Waals surface area contributed by atoms with Gasteiger partial charge in [0.05, 0.1) is 29.7 Å². The van der Waals surface area contributed by atoms with Crippen molar-refractivity contribution >= 4 is 12.6 Å². The molecule has 0 aliphatic rings. The van der Waals surface area contributed by atoms with Crippen molar-refractivity contribution in [1.29, 1.82) is 0 Å². The summed E-state index contributed by atoms with van der Waals surface area (Å²) in [6.07, 6.45) is -1.44. The number of benzene rings is 1. The molecule has 0 aliphatic carbocycles. The van der Waals surface area contributed by atoms with E-state index in [9.17, 15) is 22.4 Å². The molecule has 1 heterocycles. The number of alkyl halides is 3. The van der Waals surface area contributed by atoms with Crippen molar-refractivity contribution in [2.75, 3.05) is 13.2 Å². The molecule has 2 aromatic rings. The Bertz CT molecular complexity index is 1000. The Labute approximate surface area is 182 Å². The molecule has 0 unspecified atom stereocenters. The van der Waals surface area contributed by atoms with Gasteiger partial charge in [-0.2, -0.15) is 28.2 Å². The van der Waals surface area contributed by atoms with Crippen LogP contribution in [0.1, 0.15) is 31.1 Å². The van der Waals surface area contributed by atoms with Gasteiger partial charge in [0.2, 0.25) is 5.88 Å². The second-order valence-corrected chi connectivity index (χ2v) is 6.72. The Morgan fingerprint density at radius 3 is 2.50 bits per heavy atom. The number of rotatable bonds is 9. The van der Waals surface area contributed by atoms with Gasteiger partial charge in [0.25, 0.3) is 5.91 Å². The van der Waals surface area contributed by atoms with Gasteiger partial charge in [0, 0.05) is 12.1 Å². The molecule has 0 aliphatic heterocycles. The van der Waals surface area contributed by atoms with E-state index in [-0.39, 0.29) is 18.6 Å². The van der Waals surface area contributed by atoms with Gasteiger partial charge in [0.1, 0.15) is 6.61 Å². The predicted octanol–water partition coefficient (Wildman–Crippen LogP) is 4.48. The zero-order valence-corrected chi connectivity index (χ0v) is 17.8. The maximum Gasteiger partial charge on any atom is 0.412 e. The molecule has 0 saturated heterocycles. The molecule has 11 heteroatoms. The van der Waals surface area contributed by atoms with E-state index in [0.29, 0.717) is 17.8 Å². The van der Waals surface area contributed by atoms with E-state index in [1.165, 1.54) is 22.1 Å². The highest BCUT2D eigenvalue weighted by molar-refractivity contribution is 5.97. The lowest BCUT2D eigenvalue weighted by molar-refractivity contribution is -0.0914. The van der Waals surface area contributed by atoms with Crippen LogP contribution in [-0.2, 0) is 4.74 Å². The van der Waals surface area contributed by atoms with Crippen molar-refractivity contribution in [1.82, 2.24) is 19.9 Å². The van der Waals surface area contributed by atoms with Gasteiger partial charge in [-0.25, -0.2) is 9.38 Å². The molecular weight excluding hydrogens is 430 g/mol. The fourth-order valence-electron chi connectivity index (χ4n) is 2.79. The van der Waals surface area contributed by atoms with E-state index in [2.05, 4.69) is 21.9 Å². The number of allylic oxidation sites excluding steroid dienone is 3. The Balaban J connectivity index is 2.20. The lowest BCUT2D eigenvalue weighted by Gasteiger charge is -2.28. The molecule has 0 N–H and O–H groups in total. The van der Waals surface area contributed by atoms with Gasteiger partial charge in [-0.15, -0.1) is 0 Å². The average Bonchev–Trinajstić information content (AvgIpc) is 3.28. The minimum atomic E-state index is -4.68. The molecule has 172 valence electrons. The molecule has 1 amide bonds. The number of carbonyl (C=O) groups excluding carboxylic acids is 1. The molecule has 2 rings (SSSR count). The number of likely N-dealkylation sites (N-methyl/N-ethyl adjacent to an activating group) is 1. The van der Waals surface area contributed by atoms with Crippen LogP contribution in [0.2, 0.25) is 0 Å². The first kappa shape index (κ1) is 24.8. The topological polar surface area (TPSA) is 72.6 Å². The summed E-state index contributed by atoms with van der Waals surface area (Å²) in [5, 5.41) is 8.10. The number of hydrogen-bond acceptors (Lipinski definition) is 5. The summed E-state index contributed by atoms with van der Waals surface area (Å²) < 4.78 is 57.3. The van der Waals surface area contributed by atoms with Crippen LogP contribution in [0.5, 0.6) is 0 Å². The van der Waals surface area contributed by atoms with Crippen molar-refractivity contribution in [3.63, 3.8) is 0 Å². The molecule has 0 bridgehead atoms. The molecule has 0 spiro atoms. The number of ether oxygens (including phenoxy) is 1. The van der Waals surface area contributed by atoms with Crippen molar-refractivity contribution in [3.05, 3.63) is 65.6 Å². The zero-order chi connectivity index (χ0) is 23.9. The van der Waals surface area contributed by atoms with Gasteiger partial charge in [-0.3, -0.25) is 4.79 Å². The van der Waals surface area contributed by atoms with E-state index in [0.717, 1.165) is 6.92 Å². The number of para-hydroxylation sites is 1. The molecular formula is C21H23F4N5O2. The number of amides is 1. The molecule has 0 radical (unpaired) electrons. The second kappa shape index (κ2) is 10.7. The fourth-order valence-corrected chi connectivity index (χ4v) is 2.79. The average molecular weight is 453 g/mol. The van der Waals surface area contributed by atoms with Crippen LogP contribution in [0, 0.1) is 0 Å². The van der Waals surface area contributed by atoms with Crippen LogP contribution in [0.4, 0.5) is 17.6 Å². The highest BCUT2D eigenvalue weighted by atomic mass is 19.4. The molecule has 1 atom stereocenters. The zero-order valence-electron chi connectivity index (χ0n) is 17.8. The van der Waals surface area contributed by atoms with Crippen molar-refractivity contribution in [3.8, 4) is 5.69 Å². The summed E-state index contributed by atoms with van der Waals surface area (Å²) in [5.74, 6) is -2.35. The van der Waals surface area contributed by atoms with E-state index in [4.69, 9.17) is 4.74 Å². The third kappa shape index (κ3) is 6.02. The quantitative estimate of drug-likeness (QED) is 0.243. The monoisotopic (exact) mass is 453 g/mol. The van der Waals surface area contributed by atoms with Crippen LogP contribution in [0.15, 0.2) is 65.0 Å². The summed E-state index contributed by atoms with van der Waals surface area (Å²) >= 11 is 0. The molecule has 1 aromatic heterocycles. The van der Waals surface area contributed by atoms with Gasteiger partial charge < -0.3 is 9.64 Å². The van der Waals surface area contributed by atoms with Crippen LogP contribution in [-0.4, -0.2) is 57.9 Å². The Hall–Kier alpha value is -3.50. The molecule has 0 saturated carbocycles. The third-order valence-corrected chi connectivity index (χ3v) is 4.50. The molecule has 32 heavy (non-hydrogen) atoms. The summed E-state index contributed by atoms with van der Waals surface area (Å²) in [7, 11) is 0. The smallest absolute Gasteiger partial charge is 0.412 e. The number of halogens is 4. The maximum atomic E-state index is 14.2. The SMILES string of the molecule is C=N/C(OC[C@H](C)N(CC)C(=O)c1ccccc1-n1nccn1)=C(F)\C=C(/C)C(F)(F)F. The van der Waals surface area contributed by atoms with Gasteiger partial charge in [-0.05, 0) is 45.7 Å². The van der Waals surface area contributed by atoms with Crippen LogP contribution >= 0.6 is 0 Å². The number of carbonyl (C=O) groups is 1. The van der Waals surface area contributed by atoms with Gasteiger partial charge in [-0.1, -0.05) is 12.1 Å². The minimum Gasteiger partial charge on any atom is -0.473 e. The number of hydrogen-bond donors (Lipinski definition) is 0. The summed E-state index contributed by atoms with van der Waals surface area (Å²) in [6, 6.07) is 6.18. The fraction of sp³-hybridized carbons (Fsp3) is 0.333. The van der Waals surface area contributed by atoms with Crippen LogP contribution < -0.4 is 0 Å². The number of aliphatic imine (C=N–C) groups is 1. The molecule has 1 aromatic carbocycles. The maximum absolute atomic E-state index is 14.2. The first-order chi connectivity index (χ1) is 15.1. The van der Waals surface area contributed by atoms with Crippen molar-refractivity contribution in [2.24, 2.45) is 4.99 Å². The summed E-state index contributed by atoms with van der Waals surface area (Å²) in [4.78, 5) is 19.3. The predicted molar refractivity (Wildman–Crippen MR) is 111 cm³/mol. The Morgan fingerprint density at radius 2 is 1.94 bits per heavy atom. The van der Waals surface area contributed by atoms with Gasteiger partial charge in [0.15, 0.2) is 5.83 Å². The lowest BCUT2D eigenvalue weighted by atomic mass is 10.1. The second-order valence-electron chi connectivity index (χ2n) is 6.72. The standard InChI is InChI=1S/C21H23F4N5O2/c1-5-29(20(31)16-8-6-7-9-18(16)30-27-10-11-28-30)15(3)13-32-19(26-4)17(22)12-14(2)21(23,24)25/h6-12,15H,4-5,13H2,1-3H3/b14-12+,19-17-/t15-/m0/s1. The van der Waals surface area contributed by atoms with Crippen molar-refractivity contribution < 1.29 is 27.1 Å². The van der Waals surface area contributed by atoms with E-state index >= 15 is 0 Å².